The Bertz CT molecular complexity index is 940. The summed E-state index contributed by atoms with van der Waals surface area (Å²) in [7, 11) is 1.55. The molecule has 1 fully saturated rings. The van der Waals surface area contributed by atoms with Crippen LogP contribution in [0.1, 0.15) is 32.8 Å². The van der Waals surface area contributed by atoms with Crippen molar-refractivity contribution in [3.63, 3.8) is 0 Å². The van der Waals surface area contributed by atoms with E-state index in [0.717, 1.165) is 18.2 Å². The van der Waals surface area contributed by atoms with Gasteiger partial charge < -0.3 is 14.2 Å². The summed E-state index contributed by atoms with van der Waals surface area (Å²) in [5.74, 6) is -2.26. The highest BCUT2D eigenvalue weighted by Crippen LogP contribution is 2.29. The molecule has 1 aliphatic heterocycles. The molecule has 3 rings (SSSR count). The van der Waals surface area contributed by atoms with E-state index < -0.39 is 35.2 Å². The predicted molar refractivity (Wildman–Crippen MR) is 114 cm³/mol. The molecule has 0 N–H and O–H groups in total. The molecule has 32 heavy (non-hydrogen) atoms. The van der Waals surface area contributed by atoms with Gasteiger partial charge in [-0.1, -0.05) is 18.2 Å². The van der Waals surface area contributed by atoms with Crippen LogP contribution in [0.25, 0.3) is 11.1 Å². The summed E-state index contributed by atoms with van der Waals surface area (Å²) in [6, 6.07) is 6.90. The molecule has 5 nitrogen and oxygen atoms in total. The van der Waals surface area contributed by atoms with Gasteiger partial charge in [0.1, 0.15) is 23.1 Å². The van der Waals surface area contributed by atoms with E-state index in [2.05, 4.69) is 0 Å². The van der Waals surface area contributed by atoms with E-state index in [0.29, 0.717) is 13.0 Å². The minimum absolute atomic E-state index is 0.0708. The summed E-state index contributed by atoms with van der Waals surface area (Å²) in [5.41, 5.74) is -0.807. The topological polar surface area (TPSA) is 48.0 Å². The van der Waals surface area contributed by atoms with Gasteiger partial charge in [-0.3, -0.25) is 4.90 Å². The number of carbonyl (C=O) groups is 1. The Morgan fingerprint density at radius 1 is 1.12 bits per heavy atom. The van der Waals surface area contributed by atoms with Crippen LogP contribution < -0.4 is 0 Å². The fraction of sp³-hybridized carbons (Fsp3) is 0.458. The molecule has 0 bridgehead atoms. The normalized spacial score (nSPS) is 19.0. The van der Waals surface area contributed by atoms with Crippen LogP contribution in [0.2, 0.25) is 0 Å². The van der Waals surface area contributed by atoms with Crippen molar-refractivity contribution in [2.45, 2.75) is 51.5 Å². The van der Waals surface area contributed by atoms with Gasteiger partial charge in [0, 0.05) is 19.3 Å². The first-order valence-electron chi connectivity index (χ1n) is 10.4. The first-order valence-corrected chi connectivity index (χ1v) is 10.4. The number of nitrogens with zero attached hydrogens (tertiary/aromatic N) is 1. The van der Waals surface area contributed by atoms with Gasteiger partial charge in [-0.15, -0.1) is 0 Å². The van der Waals surface area contributed by atoms with Crippen molar-refractivity contribution < 1.29 is 32.2 Å². The Labute approximate surface area is 186 Å². The van der Waals surface area contributed by atoms with Gasteiger partial charge in [0.05, 0.1) is 30.9 Å². The van der Waals surface area contributed by atoms with Crippen LogP contribution in [0, 0.1) is 17.5 Å². The van der Waals surface area contributed by atoms with Crippen LogP contribution in [0.5, 0.6) is 0 Å². The van der Waals surface area contributed by atoms with Crippen LogP contribution in [0.4, 0.5) is 18.0 Å². The molecule has 0 unspecified atom stereocenters. The quantitative estimate of drug-likeness (QED) is 0.618. The molecule has 1 heterocycles. The second kappa shape index (κ2) is 9.92. The highest BCUT2D eigenvalue weighted by atomic mass is 19.1. The van der Waals surface area contributed by atoms with Crippen LogP contribution in [0.3, 0.4) is 0 Å². The summed E-state index contributed by atoms with van der Waals surface area (Å²) in [4.78, 5) is 14.4. The zero-order valence-corrected chi connectivity index (χ0v) is 18.7. The van der Waals surface area contributed by atoms with Crippen LogP contribution in [0.15, 0.2) is 36.4 Å². The van der Waals surface area contributed by atoms with Crippen molar-refractivity contribution >= 4 is 6.09 Å². The first kappa shape index (κ1) is 24.1. The van der Waals surface area contributed by atoms with Gasteiger partial charge in [-0.2, -0.15) is 0 Å². The molecule has 1 amide bonds. The fourth-order valence-electron chi connectivity index (χ4n) is 3.69. The van der Waals surface area contributed by atoms with E-state index in [9.17, 15) is 13.6 Å². The molecule has 0 saturated carbocycles. The van der Waals surface area contributed by atoms with Gasteiger partial charge in [0.25, 0.3) is 0 Å². The maximum Gasteiger partial charge on any atom is 0.411 e. The van der Waals surface area contributed by atoms with Gasteiger partial charge in [-0.05, 0) is 51.0 Å². The number of amides is 1. The third-order valence-electron chi connectivity index (χ3n) is 5.24. The lowest BCUT2D eigenvalue weighted by Crippen LogP contribution is -2.53. The van der Waals surface area contributed by atoms with Crippen molar-refractivity contribution in [1.82, 2.24) is 4.90 Å². The van der Waals surface area contributed by atoms with E-state index in [4.69, 9.17) is 14.2 Å². The van der Waals surface area contributed by atoms with Crippen molar-refractivity contribution in [3.05, 3.63) is 59.4 Å². The molecule has 0 aliphatic carbocycles. The molecule has 8 heteroatoms. The largest absolute Gasteiger partial charge is 0.444 e. The lowest BCUT2D eigenvalue weighted by atomic mass is 10.0. The molecule has 1 aliphatic rings. The molecule has 2 aromatic carbocycles. The number of benzene rings is 2. The lowest BCUT2D eigenvalue weighted by molar-refractivity contribution is -0.0829. The molecule has 2 atom stereocenters. The molecular formula is C24H28F3NO4. The number of halogens is 3. The summed E-state index contributed by atoms with van der Waals surface area (Å²) >= 11 is 0. The van der Waals surface area contributed by atoms with E-state index in [1.165, 1.54) is 23.1 Å². The van der Waals surface area contributed by atoms with Crippen molar-refractivity contribution in [3.8, 4) is 11.1 Å². The van der Waals surface area contributed by atoms with E-state index in [-0.39, 0.29) is 35.9 Å². The summed E-state index contributed by atoms with van der Waals surface area (Å²) < 4.78 is 59.8. The van der Waals surface area contributed by atoms with Gasteiger partial charge in [0.2, 0.25) is 0 Å². The maximum atomic E-state index is 15.0. The number of hydrogen-bond donors (Lipinski definition) is 0. The first-order chi connectivity index (χ1) is 15.1. The minimum Gasteiger partial charge on any atom is -0.444 e. The van der Waals surface area contributed by atoms with E-state index >= 15 is 4.39 Å². The number of ether oxygens (including phenoxy) is 3. The second-order valence-electron chi connectivity index (χ2n) is 8.72. The Kier molecular flexibility index (Phi) is 7.46. The van der Waals surface area contributed by atoms with Crippen LogP contribution >= 0.6 is 0 Å². The Balaban J connectivity index is 1.92. The minimum atomic E-state index is -0.783. The van der Waals surface area contributed by atoms with Crippen molar-refractivity contribution in [2.24, 2.45) is 0 Å². The summed E-state index contributed by atoms with van der Waals surface area (Å²) in [6.07, 6.45) is -0.348. The molecule has 0 aromatic heterocycles. The lowest BCUT2D eigenvalue weighted by Gasteiger charge is -2.39. The third-order valence-corrected chi connectivity index (χ3v) is 5.24. The molecule has 0 radical (unpaired) electrons. The highest BCUT2D eigenvalue weighted by Gasteiger charge is 2.36. The van der Waals surface area contributed by atoms with Crippen LogP contribution in [-0.4, -0.2) is 49.1 Å². The zero-order chi connectivity index (χ0) is 23.5. The van der Waals surface area contributed by atoms with Crippen molar-refractivity contribution in [1.29, 1.82) is 0 Å². The molecule has 1 saturated heterocycles. The maximum absolute atomic E-state index is 15.0. The van der Waals surface area contributed by atoms with Crippen molar-refractivity contribution in [2.75, 3.05) is 20.3 Å². The van der Waals surface area contributed by atoms with E-state index in [1.54, 1.807) is 27.9 Å². The summed E-state index contributed by atoms with van der Waals surface area (Å²) in [6.45, 7) is 5.83. The fourth-order valence-corrected chi connectivity index (χ4v) is 3.69. The number of carbonyl (C=O) groups excluding carboxylic acids is 1. The highest BCUT2D eigenvalue weighted by molar-refractivity contribution is 5.69. The monoisotopic (exact) mass is 451 g/mol. The number of rotatable bonds is 5. The standard InChI is InChI=1S/C24H28F3NO4/c1-24(2,3)32-23(29)28(20-14-31-11-10-21(20)30-4)13-16-9-8-15(12-19(16)27)22-17(25)6-5-7-18(22)26/h5-9,12,20-21H,10-11,13-14H2,1-4H3/t20-,21-/m1/s1. The Morgan fingerprint density at radius 2 is 1.81 bits per heavy atom. The summed E-state index contributed by atoms with van der Waals surface area (Å²) in [5, 5.41) is 0. The van der Waals surface area contributed by atoms with Gasteiger partial charge >= 0.3 is 6.09 Å². The Hall–Kier alpha value is -2.58. The molecule has 0 spiro atoms. The zero-order valence-electron chi connectivity index (χ0n) is 18.7. The number of hydrogen-bond acceptors (Lipinski definition) is 4. The predicted octanol–water partition coefficient (Wildman–Crippen LogP) is 5.31. The average Bonchev–Trinajstić information content (AvgIpc) is 2.71. The average molecular weight is 451 g/mol. The van der Waals surface area contributed by atoms with Crippen LogP contribution in [-0.2, 0) is 20.8 Å². The molecule has 2 aromatic rings. The smallest absolute Gasteiger partial charge is 0.411 e. The van der Waals surface area contributed by atoms with Gasteiger partial charge in [-0.25, -0.2) is 18.0 Å². The second-order valence-corrected chi connectivity index (χ2v) is 8.72. The SMILES string of the molecule is CO[C@@H]1CCOC[C@H]1N(Cc1ccc(-c2c(F)cccc2F)cc1F)C(=O)OC(C)(C)C. The Morgan fingerprint density at radius 3 is 2.41 bits per heavy atom. The molecule has 174 valence electrons. The van der Waals surface area contributed by atoms with E-state index in [1.807, 2.05) is 0 Å². The molecular weight excluding hydrogens is 423 g/mol. The number of methoxy groups -OCH3 is 1. The van der Waals surface area contributed by atoms with Gasteiger partial charge in [0.15, 0.2) is 0 Å². The third kappa shape index (κ3) is 5.61.